The van der Waals surface area contributed by atoms with Crippen LogP contribution in [0.15, 0.2) is 12.1 Å². The van der Waals surface area contributed by atoms with Crippen LogP contribution in [-0.2, 0) is 11.0 Å². The first kappa shape index (κ1) is 23.6. The Morgan fingerprint density at radius 1 is 1.24 bits per heavy atom. The van der Waals surface area contributed by atoms with Crippen molar-refractivity contribution in [3.05, 3.63) is 28.5 Å². The second-order valence-corrected chi connectivity index (χ2v) is 8.62. The average Bonchev–Trinajstić information content (AvgIpc) is 3.09. The number of aromatic nitrogens is 2. The summed E-state index contributed by atoms with van der Waals surface area (Å²) in [5.74, 6) is -0.994. The van der Waals surface area contributed by atoms with Crippen LogP contribution in [0.1, 0.15) is 48.8 Å². The zero-order valence-electron chi connectivity index (χ0n) is 17.9. The lowest BCUT2D eigenvalue weighted by Crippen LogP contribution is -2.56. The number of hydrogen-bond donors (Lipinski definition) is 1. The number of aliphatic hydroxyl groups is 1. The highest BCUT2D eigenvalue weighted by Gasteiger charge is 2.38. The number of ether oxygens (including phenoxy) is 1. The van der Waals surface area contributed by atoms with Crippen molar-refractivity contribution in [1.29, 1.82) is 0 Å². The number of aliphatic hydroxyl groups excluding tert-OH is 1. The molecule has 0 bridgehead atoms. The molecule has 2 aromatic rings. The summed E-state index contributed by atoms with van der Waals surface area (Å²) in [4.78, 5) is 28.8. The second-order valence-electron chi connectivity index (χ2n) is 8.24. The van der Waals surface area contributed by atoms with Crippen molar-refractivity contribution >= 4 is 28.9 Å². The predicted octanol–water partition coefficient (Wildman–Crippen LogP) is 2.99. The molecule has 1 saturated carbocycles. The SMILES string of the molecule is CCOc1cc(C(F)(F)F)n2nc(C(=O)N3CCN(C4CCC(O)CC4)C(=O)C3)c(Cl)c2c1. The van der Waals surface area contributed by atoms with E-state index in [0.717, 1.165) is 6.07 Å². The molecule has 33 heavy (non-hydrogen) atoms. The van der Waals surface area contributed by atoms with Gasteiger partial charge in [0.15, 0.2) is 5.69 Å². The van der Waals surface area contributed by atoms with Crippen molar-refractivity contribution < 1.29 is 32.6 Å². The van der Waals surface area contributed by atoms with Crippen LogP contribution < -0.4 is 4.74 Å². The largest absolute Gasteiger partial charge is 0.494 e. The van der Waals surface area contributed by atoms with Crippen LogP contribution in [0.2, 0.25) is 5.02 Å². The lowest BCUT2D eigenvalue weighted by atomic mass is 9.91. The van der Waals surface area contributed by atoms with Gasteiger partial charge in [-0.1, -0.05) is 11.6 Å². The molecule has 2 aromatic heterocycles. The third-order valence-electron chi connectivity index (χ3n) is 6.10. The van der Waals surface area contributed by atoms with Crippen molar-refractivity contribution in [2.24, 2.45) is 0 Å². The third-order valence-corrected chi connectivity index (χ3v) is 6.48. The van der Waals surface area contributed by atoms with E-state index in [4.69, 9.17) is 16.3 Å². The van der Waals surface area contributed by atoms with Gasteiger partial charge in [-0.15, -0.1) is 0 Å². The summed E-state index contributed by atoms with van der Waals surface area (Å²) in [7, 11) is 0. The van der Waals surface area contributed by atoms with Gasteiger partial charge in [-0.2, -0.15) is 18.3 Å². The van der Waals surface area contributed by atoms with Gasteiger partial charge in [0.05, 0.1) is 23.3 Å². The van der Waals surface area contributed by atoms with E-state index in [1.807, 2.05) is 0 Å². The molecule has 2 amide bonds. The number of hydrogen-bond acceptors (Lipinski definition) is 5. The standard InChI is InChI=1S/C21H24ClF3N4O4/c1-2-33-14-9-15-18(22)19(26-29(15)16(10-14)21(23,24)25)20(32)27-7-8-28(17(31)11-27)12-3-5-13(30)6-4-12/h9-10,12-13,30H,2-8,11H2,1H3. The fraction of sp³-hybridized carbons (Fsp3) is 0.571. The highest BCUT2D eigenvalue weighted by Crippen LogP contribution is 2.36. The molecule has 2 fully saturated rings. The van der Waals surface area contributed by atoms with Gasteiger partial charge < -0.3 is 19.6 Å². The highest BCUT2D eigenvalue weighted by molar-refractivity contribution is 6.36. The minimum absolute atomic E-state index is 0.0169. The maximum absolute atomic E-state index is 13.6. The van der Waals surface area contributed by atoms with Gasteiger partial charge in [0.1, 0.15) is 18.0 Å². The number of piperazine rings is 1. The minimum Gasteiger partial charge on any atom is -0.494 e. The first-order chi connectivity index (χ1) is 15.6. The summed E-state index contributed by atoms with van der Waals surface area (Å²) >= 11 is 6.29. The van der Waals surface area contributed by atoms with Crippen molar-refractivity contribution in [3.63, 3.8) is 0 Å². The number of rotatable bonds is 4. The fourth-order valence-electron chi connectivity index (χ4n) is 4.45. The second kappa shape index (κ2) is 9.02. The van der Waals surface area contributed by atoms with E-state index in [0.29, 0.717) is 36.7 Å². The molecule has 0 unspecified atom stereocenters. The van der Waals surface area contributed by atoms with Crippen LogP contribution in [0, 0.1) is 0 Å². The average molecular weight is 489 g/mol. The van der Waals surface area contributed by atoms with E-state index in [1.54, 1.807) is 11.8 Å². The number of pyridine rings is 1. The van der Waals surface area contributed by atoms with Gasteiger partial charge in [-0.3, -0.25) is 9.59 Å². The zero-order chi connectivity index (χ0) is 23.9. The zero-order valence-corrected chi connectivity index (χ0v) is 18.7. The van der Waals surface area contributed by atoms with Crippen molar-refractivity contribution in [1.82, 2.24) is 19.4 Å². The number of halogens is 4. The first-order valence-corrected chi connectivity index (χ1v) is 11.2. The molecule has 0 aromatic carbocycles. The summed E-state index contributed by atoms with van der Waals surface area (Å²) in [5.41, 5.74) is -1.58. The van der Waals surface area contributed by atoms with Crippen LogP contribution in [0.3, 0.4) is 0 Å². The maximum Gasteiger partial charge on any atom is 0.433 e. The number of carbonyl (C=O) groups is 2. The van der Waals surface area contributed by atoms with E-state index < -0.39 is 17.8 Å². The lowest BCUT2D eigenvalue weighted by Gasteiger charge is -2.41. The first-order valence-electron chi connectivity index (χ1n) is 10.8. The summed E-state index contributed by atoms with van der Waals surface area (Å²) in [6.07, 6.45) is -2.46. The Kier molecular flexibility index (Phi) is 6.45. The molecular formula is C21H24ClF3N4O4. The molecule has 0 spiro atoms. The van der Waals surface area contributed by atoms with E-state index in [2.05, 4.69) is 5.10 Å². The number of fused-ring (bicyclic) bond motifs is 1. The van der Waals surface area contributed by atoms with Gasteiger partial charge in [-0.05, 0) is 32.6 Å². The summed E-state index contributed by atoms with van der Waals surface area (Å²) in [5, 5.41) is 13.3. The Morgan fingerprint density at radius 3 is 2.55 bits per heavy atom. The normalized spacial score (nSPS) is 22.2. The van der Waals surface area contributed by atoms with E-state index in [-0.39, 0.29) is 59.7 Å². The van der Waals surface area contributed by atoms with E-state index >= 15 is 0 Å². The lowest BCUT2D eigenvalue weighted by molar-refractivity contribution is -0.142. The maximum atomic E-state index is 13.6. The summed E-state index contributed by atoms with van der Waals surface area (Å²) in [6.45, 7) is 2.09. The number of nitrogens with zero attached hydrogens (tertiary/aromatic N) is 4. The Labute approximate surface area is 192 Å². The summed E-state index contributed by atoms with van der Waals surface area (Å²) < 4.78 is 46.6. The van der Waals surface area contributed by atoms with E-state index in [1.165, 1.54) is 11.0 Å². The van der Waals surface area contributed by atoms with Gasteiger partial charge in [-0.25, -0.2) is 4.52 Å². The molecule has 180 valence electrons. The molecule has 1 aliphatic heterocycles. The molecule has 8 nitrogen and oxygen atoms in total. The Bertz CT molecular complexity index is 1070. The molecular weight excluding hydrogens is 465 g/mol. The fourth-order valence-corrected chi connectivity index (χ4v) is 4.70. The highest BCUT2D eigenvalue weighted by atomic mass is 35.5. The Morgan fingerprint density at radius 2 is 1.94 bits per heavy atom. The molecule has 1 N–H and O–H groups in total. The van der Waals surface area contributed by atoms with Crippen LogP contribution in [0.4, 0.5) is 13.2 Å². The van der Waals surface area contributed by atoms with Gasteiger partial charge in [0.25, 0.3) is 5.91 Å². The van der Waals surface area contributed by atoms with Crippen LogP contribution in [0.5, 0.6) is 5.75 Å². The van der Waals surface area contributed by atoms with E-state index in [9.17, 15) is 27.9 Å². The monoisotopic (exact) mass is 488 g/mol. The smallest absolute Gasteiger partial charge is 0.433 e. The van der Waals surface area contributed by atoms with Gasteiger partial charge in [0, 0.05) is 31.3 Å². The number of amides is 2. The summed E-state index contributed by atoms with van der Waals surface area (Å²) in [6, 6.07) is 2.12. The Balaban J connectivity index is 1.58. The van der Waals surface area contributed by atoms with Crippen molar-refractivity contribution in [2.75, 3.05) is 26.2 Å². The number of carbonyl (C=O) groups excluding carboxylic acids is 2. The van der Waals surface area contributed by atoms with Crippen LogP contribution in [0.25, 0.3) is 5.52 Å². The van der Waals surface area contributed by atoms with Crippen molar-refractivity contribution in [3.8, 4) is 5.75 Å². The van der Waals surface area contributed by atoms with Crippen molar-refractivity contribution in [2.45, 2.75) is 50.9 Å². The van der Waals surface area contributed by atoms with Crippen LogP contribution in [-0.4, -0.2) is 74.7 Å². The molecule has 0 atom stereocenters. The molecule has 1 saturated heterocycles. The molecule has 3 heterocycles. The van der Waals surface area contributed by atoms with Gasteiger partial charge >= 0.3 is 6.18 Å². The minimum atomic E-state index is -4.75. The molecule has 2 aliphatic rings. The Hall–Kier alpha value is -2.53. The predicted molar refractivity (Wildman–Crippen MR) is 112 cm³/mol. The molecule has 1 aliphatic carbocycles. The molecule has 12 heteroatoms. The number of alkyl halides is 3. The third kappa shape index (κ3) is 4.61. The molecule has 0 radical (unpaired) electrons. The quantitative estimate of drug-likeness (QED) is 0.715. The molecule has 4 rings (SSSR count). The topological polar surface area (TPSA) is 87.4 Å². The van der Waals surface area contributed by atoms with Crippen LogP contribution >= 0.6 is 11.6 Å². The van der Waals surface area contributed by atoms with Gasteiger partial charge in [0.2, 0.25) is 5.91 Å².